The number of aliphatic hydroxyl groups excluding tert-OH is 2. The Morgan fingerprint density at radius 3 is 1.01 bits per heavy atom. The molecule has 7 heteroatoms. The number of hydrogen-bond acceptors (Lipinski definition) is 6. The molecule has 12 rings (SSSR count). The minimum absolute atomic E-state index is 0.131. The fourth-order valence-corrected chi connectivity index (χ4v) is 26.0. The van der Waals surface area contributed by atoms with Crippen molar-refractivity contribution < 1.29 is 30.3 Å². The predicted molar refractivity (Wildman–Crippen MR) is 384 cm³/mol. The monoisotopic (exact) mass is 1330 g/mol. The standard InChI is InChI=1S/2C28H48O2.C23H36O2.C5H11Br/c2*1-6-28(30)16-14-21-20(17-28)8-9-23-22(21)13-15-27(5)24(10-11-25(23)27)19(4)26(29)12-7-18(2)3;1-4-23(25)12-10-17-16(13-23)5-6-19-18(17)9-11-22(3)20(15(2)14-24)7-8-21(19)22;1-5(2)3-4-6/h2*8,18-19,21-26,29-30H,6-7,9-17H2,1-5H3;5,14-15,17-21,25H,4,6-13H2,1-3H3;5H,3-4H2,1-2H3/t2*19-,21-,22+,23+,24+,25-,26-,27+,28-;15-,17+,18-,19-,20-,21+,22-,23+;/m001./s1. The van der Waals surface area contributed by atoms with Crippen LogP contribution in [-0.2, 0) is 4.79 Å². The van der Waals surface area contributed by atoms with Crippen LogP contribution in [0.15, 0.2) is 34.9 Å². The topological polar surface area (TPSA) is 118 Å². The van der Waals surface area contributed by atoms with E-state index >= 15 is 0 Å². The van der Waals surface area contributed by atoms with Crippen LogP contribution in [0.3, 0.4) is 0 Å². The van der Waals surface area contributed by atoms with Crippen LogP contribution in [0, 0.1) is 141 Å². The molecular formula is C84H143BrO6. The zero-order valence-electron chi connectivity index (χ0n) is 61.4. The predicted octanol–water partition coefficient (Wildman–Crippen LogP) is 21.1. The third kappa shape index (κ3) is 15.6. The van der Waals surface area contributed by atoms with E-state index in [0.717, 1.165) is 166 Å². The molecule has 0 aliphatic heterocycles. The van der Waals surface area contributed by atoms with Crippen molar-refractivity contribution in [1.82, 2.24) is 0 Å². The van der Waals surface area contributed by atoms with Crippen molar-refractivity contribution in [3.63, 3.8) is 0 Å². The van der Waals surface area contributed by atoms with Gasteiger partial charge < -0.3 is 30.3 Å². The zero-order chi connectivity index (χ0) is 66.2. The molecule has 0 radical (unpaired) electrons. The molecule has 0 aromatic carbocycles. The summed E-state index contributed by atoms with van der Waals surface area (Å²) < 4.78 is 0. The number of hydrogen-bond donors (Lipinski definition) is 5. The number of rotatable bonds is 17. The van der Waals surface area contributed by atoms with E-state index in [0.29, 0.717) is 57.7 Å². The van der Waals surface area contributed by atoms with Crippen LogP contribution in [0.4, 0.5) is 0 Å². The van der Waals surface area contributed by atoms with E-state index in [-0.39, 0.29) is 18.1 Å². The summed E-state index contributed by atoms with van der Waals surface area (Å²) in [6.07, 6.45) is 45.9. The fraction of sp³-hybridized carbons (Fsp3) is 0.917. The molecule has 6 nitrogen and oxygen atoms in total. The second kappa shape index (κ2) is 30.7. The van der Waals surface area contributed by atoms with Gasteiger partial charge in [-0.3, -0.25) is 0 Å². The molecule has 0 aromatic rings. The van der Waals surface area contributed by atoms with E-state index in [1.165, 1.54) is 128 Å². The molecule has 0 aromatic heterocycles. The van der Waals surface area contributed by atoms with Crippen LogP contribution in [-0.4, -0.2) is 66.2 Å². The van der Waals surface area contributed by atoms with Gasteiger partial charge in [0.15, 0.2) is 0 Å². The van der Waals surface area contributed by atoms with Crippen LogP contribution in [0.5, 0.6) is 0 Å². The summed E-state index contributed by atoms with van der Waals surface area (Å²) in [6.45, 7) is 34.5. The number of aliphatic hydroxyl groups is 5. The van der Waals surface area contributed by atoms with Crippen LogP contribution < -0.4 is 0 Å². The van der Waals surface area contributed by atoms with E-state index in [4.69, 9.17) is 0 Å². The van der Waals surface area contributed by atoms with Crippen molar-refractivity contribution in [2.45, 2.75) is 338 Å². The van der Waals surface area contributed by atoms with Gasteiger partial charge in [0, 0.05) is 11.2 Å². The Morgan fingerprint density at radius 1 is 0.429 bits per heavy atom. The molecule has 5 N–H and O–H groups in total. The normalized spacial score (nSPS) is 44.4. The maximum atomic E-state index is 11.4. The van der Waals surface area contributed by atoms with Gasteiger partial charge in [-0.1, -0.05) is 155 Å². The van der Waals surface area contributed by atoms with E-state index in [2.05, 4.69) is 138 Å². The first kappa shape index (κ1) is 74.4. The smallest absolute Gasteiger partial charge is 0.123 e. The number of halogens is 1. The molecule has 0 spiro atoms. The van der Waals surface area contributed by atoms with Gasteiger partial charge >= 0.3 is 0 Å². The lowest BCUT2D eigenvalue weighted by molar-refractivity contribution is -0.114. The molecule has 0 saturated heterocycles. The lowest BCUT2D eigenvalue weighted by Crippen LogP contribution is -2.48. The summed E-state index contributed by atoms with van der Waals surface area (Å²) in [6, 6.07) is 0. The highest BCUT2D eigenvalue weighted by molar-refractivity contribution is 9.09. The Bertz CT molecular complexity index is 2330. The summed E-state index contributed by atoms with van der Waals surface area (Å²) in [7, 11) is 0. The van der Waals surface area contributed by atoms with Crippen molar-refractivity contribution in [2.75, 3.05) is 5.33 Å². The van der Waals surface area contributed by atoms with Crippen LogP contribution in [0.2, 0.25) is 0 Å². The first-order valence-corrected chi connectivity index (χ1v) is 40.8. The average Bonchev–Trinajstić information content (AvgIpc) is 1.70. The van der Waals surface area contributed by atoms with Gasteiger partial charge in [-0.15, -0.1) is 0 Å². The molecule has 26 atom stereocenters. The molecule has 0 heterocycles. The molecule has 12 aliphatic rings. The second-order valence-corrected chi connectivity index (χ2v) is 37.7. The summed E-state index contributed by atoms with van der Waals surface area (Å²) in [5, 5.41) is 55.5. The van der Waals surface area contributed by atoms with Crippen LogP contribution in [0.25, 0.3) is 0 Å². The van der Waals surface area contributed by atoms with E-state index < -0.39 is 16.8 Å². The van der Waals surface area contributed by atoms with Gasteiger partial charge in [0.1, 0.15) is 6.29 Å². The number of alkyl halides is 1. The van der Waals surface area contributed by atoms with E-state index in [9.17, 15) is 30.3 Å². The summed E-state index contributed by atoms with van der Waals surface area (Å²) in [5.74, 6) is 15.0. The molecule has 9 fully saturated rings. The lowest BCUT2D eigenvalue weighted by Gasteiger charge is -2.55. The number of allylic oxidation sites excluding steroid dienone is 3. The molecule has 0 bridgehead atoms. The van der Waals surface area contributed by atoms with Crippen molar-refractivity contribution in [1.29, 1.82) is 0 Å². The maximum absolute atomic E-state index is 11.4. The quantitative estimate of drug-likeness (QED) is 0.0563. The first-order chi connectivity index (χ1) is 43.1. The summed E-state index contributed by atoms with van der Waals surface area (Å²) in [4.78, 5) is 11.4. The zero-order valence-corrected chi connectivity index (χ0v) is 63.0. The second-order valence-electron chi connectivity index (χ2n) is 36.9. The van der Waals surface area contributed by atoms with Crippen LogP contribution >= 0.6 is 15.9 Å². The maximum Gasteiger partial charge on any atom is 0.123 e. The van der Waals surface area contributed by atoms with Crippen LogP contribution in [0.1, 0.15) is 309 Å². The van der Waals surface area contributed by atoms with Gasteiger partial charge in [0.25, 0.3) is 0 Å². The third-order valence-electron chi connectivity index (χ3n) is 31.1. The van der Waals surface area contributed by atoms with Gasteiger partial charge in [-0.2, -0.15) is 0 Å². The molecule has 0 amide bonds. The summed E-state index contributed by atoms with van der Waals surface area (Å²) in [5.41, 5.74) is 4.70. The Hall–Kier alpha value is -0.830. The molecule has 0 unspecified atom stereocenters. The Balaban J connectivity index is 0.000000155. The molecule has 12 aliphatic carbocycles. The number of aldehydes is 1. The third-order valence-corrected chi connectivity index (χ3v) is 31.5. The van der Waals surface area contributed by atoms with Gasteiger partial charge in [-0.25, -0.2) is 0 Å². The number of carbonyl (C=O) groups is 1. The highest BCUT2D eigenvalue weighted by Crippen LogP contribution is 2.69. The largest absolute Gasteiger partial charge is 0.393 e. The van der Waals surface area contributed by atoms with E-state index in [1.54, 1.807) is 16.7 Å². The Kier molecular flexibility index (Phi) is 25.1. The Labute approximate surface area is 568 Å². The molecule has 522 valence electrons. The van der Waals surface area contributed by atoms with Crippen molar-refractivity contribution in [3.05, 3.63) is 34.9 Å². The lowest BCUT2D eigenvalue weighted by atomic mass is 9.50. The minimum atomic E-state index is -0.434. The molecule has 9 saturated carbocycles. The van der Waals surface area contributed by atoms with Gasteiger partial charge in [0.05, 0.1) is 29.0 Å². The molecule has 91 heavy (non-hydrogen) atoms. The fourth-order valence-electron chi connectivity index (χ4n) is 25.1. The van der Waals surface area contributed by atoms with Gasteiger partial charge in [-0.05, 0) is 340 Å². The SMILES string of the molecule is CC(C)CCBr.CC[C@]1(O)CC[C@H]2C(=CC[C@@H]3[C@@H]2CC[C@]2(C)[C@@H]([C@H](C)C=O)CC[C@@H]32)C1.CC[C@]1(O)CC[C@H]2C(=CC[C@@H]3[C@@H]2CC[C@]2(C)[C@@H]([C@H](C)[C@@H](O)CCC(C)C)CC[C@@H]32)C1.CC[C@]1(O)CC[C@H]2C(=CC[C@@H]3[C@@H]2CC[C@]2(C)[C@@H]([C@H](C)[C@@H](O)CCC(C)C)CC[C@@H]32)C1. The first-order valence-electron chi connectivity index (χ1n) is 39.7. The molecular weight excluding hydrogens is 1180 g/mol. The van der Waals surface area contributed by atoms with Gasteiger partial charge in [0.2, 0.25) is 0 Å². The number of carbonyl (C=O) groups excluding carboxylic acids is 1. The average molecular weight is 1330 g/mol. The highest BCUT2D eigenvalue weighted by Gasteiger charge is 2.61. The highest BCUT2D eigenvalue weighted by atomic mass is 79.9. The minimum Gasteiger partial charge on any atom is -0.393 e. The van der Waals surface area contributed by atoms with E-state index in [1.807, 2.05) is 0 Å². The Morgan fingerprint density at radius 2 is 0.736 bits per heavy atom. The van der Waals surface area contributed by atoms with Crippen molar-refractivity contribution >= 4 is 22.2 Å². The van der Waals surface area contributed by atoms with Crippen molar-refractivity contribution in [3.8, 4) is 0 Å². The van der Waals surface area contributed by atoms with Crippen molar-refractivity contribution in [2.24, 2.45) is 141 Å². The summed E-state index contributed by atoms with van der Waals surface area (Å²) >= 11 is 3.35. The number of fused-ring (bicyclic) bond motifs is 15.